The molecule has 0 amide bonds. The van der Waals surface area contributed by atoms with E-state index in [0.717, 1.165) is 35.1 Å². The van der Waals surface area contributed by atoms with Crippen LogP contribution in [-0.2, 0) is 0 Å². The van der Waals surface area contributed by atoms with E-state index in [1.165, 1.54) is 12.1 Å². The Kier molecular flexibility index (Phi) is 5.94. The average molecular weight is 377 g/mol. The highest BCUT2D eigenvalue weighted by Gasteiger charge is 2.06. The Morgan fingerprint density at radius 1 is 0.786 bits per heavy atom. The van der Waals surface area contributed by atoms with Gasteiger partial charge in [0.25, 0.3) is 0 Å². The molecule has 2 aromatic heterocycles. The minimum absolute atomic E-state index is 0.285. The molecule has 0 N–H and O–H groups in total. The van der Waals surface area contributed by atoms with Gasteiger partial charge in [-0.1, -0.05) is 18.2 Å². The fraction of sp³-hybridized carbons (Fsp3) is 0.217. The van der Waals surface area contributed by atoms with E-state index in [9.17, 15) is 9.59 Å². The van der Waals surface area contributed by atoms with Gasteiger partial charge in [0.1, 0.15) is 11.2 Å². The van der Waals surface area contributed by atoms with Gasteiger partial charge in [0.2, 0.25) is 0 Å². The summed E-state index contributed by atoms with van der Waals surface area (Å²) in [4.78, 5) is 24.3. The van der Waals surface area contributed by atoms with E-state index >= 15 is 0 Å². The van der Waals surface area contributed by atoms with Crippen molar-refractivity contribution in [3.05, 3.63) is 87.1 Å². The number of anilines is 1. The van der Waals surface area contributed by atoms with Crippen molar-refractivity contribution in [2.24, 2.45) is 0 Å². The molecular weight excluding hydrogens is 354 g/mol. The molecule has 2 heterocycles. The van der Waals surface area contributed by atoms with Crippen LogP contribution in [0.1, 0.15) is 19.4 Å². The molecule has 0 fully saturated rings. The zero-order chi connectivity index (χ0) is 20.1. The number of hydrogen-bond donors (Lipinski definition) is 0. The molecule has 0 spiro atoms. The molecule has 0 saturated heterocycles. The van der Waals surface area contributed by atoms with Crippen molar-refractivity contribution in [3.63, 3.8) is 0 Å². The van der Waals surface area contributed by atoms with Crippen LogP contribution in [-0.4, -0.2) is 13.1 Å². The highest BCUT2D eigenvalue weighted by Crippen LogP contribution is 2.23. The first-order valence-corrected chi connectivity index (χ1v) is 9.30. The van der Waals surface area contributed by atoms with Crippen molar-refractivity contribution >= 4 is 27.6 Å². The zero-order valence-electron chi connectivity index (χ0n) is 16.3. The van der Waals surface area contributed by atoms with Crippen molar-refractivity contribution in [1.82, 2.24) is 0 Å². The summed E-state index contributed by atoms with van der Waals surface area (Å²) in [5.74, 6) is 0. The standard InChI is InChI=1S/C14H17NO2.C9H6O2/c1-4-15(5-2)11-6-7-12-10(3)8-14(16)17-13(12)9-11;10-9-6-5-7-3-1-2-4-8(7)11-9/h6-9H,4-5H2,1-3H3;1-6H. The SMILES string of the molecule is CCN(CC)c1ccc2c(C)cc(=O)oc2c1.O=c1ccc2ccccc2o1. The molecule has 0 aliphatic heterocycles. The Morgan fingerprint density at radius 2 is 1.50 bits per heavy atom. The van der Waals surface area contributed by atoms with Crippen LogP contribution in [0.25, 0.3) is 21.9 Å². The molecule has 0 aliphatic rings. The van der Waals surface area contributed by atoms with Gasteiger partial charge in [0.15, 0.2) is 0 Å². The van der Waals surface area contributed by atoms with E-state index in [0.29, 0.717) is 11.2 Å². The lowest BCUT2D eigenvalue weighted by atomic mass is 10.1. The number of para-hydroxylation sites is 1. The number of benzene rings is 2. The lowest BCUT2D eigenvalue weighted by Gasteiger charge is -2.21. The molecule has 5 nitrogen and oxygen atoms in total. The normalized spacial score (nSPS) is 10.5. The van der Waals surface area contributed by atoms with E-state index in [-0.39, 0.29) is 11.3 Å². The Morgan fingerprint density at radius 3 is 2.25 bits per heavy atom. The van der Waals surface area contributed by atoms with Crippen LogP contribution in [0.4, 0.5) is 5.69 Å². The van der Waals surface area contributed by atoms with Crippen molar-refractivity contribution in [2.75, 3.05) is 18.0 Å². The molecular formula is C23H23NO4. The third-order valence-electron chi connectivity index (χ3n) is 4.59. The van der Waals surface area contributed by atoms with E-state index < -0.39 is 0 Å². The van der Waals surface area contributed by atoms with Crippen molar-refractivity contribution in [2.45, 2.75) is 20.8 Å². The van der Waals surface area contributed by atoms with Gasteiger partial charge in [0, 0.05) is 47.7 Å². The largest absolute Gasteiger partial charge is 0.423 e. The molecule has 0 radical (unpaired) electrons. The predicted molar refractivity (Wildman–Crippen MR) is 113 cm³/mol. The van der Waals surface area contributed by atoms with Crippen LogP contribution < -0.4 is 16.2 Å². The minimum atomic E-state index is -0.302. The quantitative estimate of drug-likeness (QED) is 0.483. The molecule has 0 bridgehead atoms. The average Bonchev–Trinajstić information content (AvgIpc) is 2.69. The summed E-state index contributed by atoms with van der Waals surface area (Å²) >= 11 is 0. The Hall–Kier alpha value is -3.34. The second kappa shape index (κ2) is 8.57. The van der Waals surface area contributed by atoms with Gasteiger partial charge >= 0.3 is 11.3 Å². The topological polar surface area (TPSA) is 63.7 Å². The highest BCUT2D eigenvalue weighted by atomic mass is 16.4. The summed E-state index contributed by atoms with van der Waals surface area (Å²) in [5, 5.41) is 1.95. The third-order valence-corrected chi connectivity index (χ3v) is 4.59. The van der Waals surface area contributed by atoms with Crippen LogP contribution in [0.15, 0.2) is 79.1 Å². The van der Waals surface area contributed by atoms with Gasteiger partial charge < -0.3 is 13.7 Å². The lowest BCUT2D eigenvalue weighted by molar-refractivity contribution is 0.559. The molecule has 2 aromatic carbocycles. The number of hydrogen-bond acceptors (Lipinski definition) is 5. The summed E-state index contributed by atoms with van der Waals surface area (Å²) in [6.45, 7) is 8.03. The molecule has 0 saturated carbocycles. The van der Waals surface area contributed by atoms with Crippen LogP contribution in [0.5, 0.6) is 0 Å². The highest BCUT2D eigenvalue weighted by molar-refractivity contribution is 5.83. The molecule has 0 atom stereocenters. The van der Waals surface area contributed by atoms with Crippen LogP contribution in [0, 0.1) is 6.92 Å². The molecule has 0 aliphatic carbocycles. The number of fused-ring (bicyclic) bond motifs is 2. The lowest BCUT2D eigenvalue weighted by Crippen LogP contribution is -2.21. The first-order chi connectivity index (χ1) is 13.5. The summed E-state index contributed by atoms with van der Waals surface area (Å²) in [6, 6.07) is 18.1. The molecule has 4 aromatic rings. The van der Waals surface area contributed by atoms with Crippen molar-refractivity contribution < 1.29 is 8.83 Å². The fourth-order valence-corrected chi connectivity index (χ4v) is 3.11. The Labute approximate surface area is 162 Å². The monoisotopic (exact) mass is 377 g/mol. The van der Waals surface area contributed by atoms with Gasteiger partial charge in [-0.2, -0.15) is 0 Å². The number of rotatable bonds is 3. The predicted octanol–water partition coefficient (Wildman–Crippen LogP) is 4.74. The van der Waals surface area contributed by atoms with Crippen LogP contribution >= 0.6 is 0 Å². The summed E-state index contributed by atoms with van der Waals surface area (Å²) in [6.07, 6.45) is 0. The van der Waals surface area contributed by atoms with Gasteiger partial charge in [-0.25, -0.2) is 9.59 Å². The van der Waals surface area contributed by atoms with E-state index in [1.54, 1.807) is 12.1 Å². The van der Waals surface area contributed by atoms with Gasteiger partial charge in [-0.15, -0.1) is 0 Å². The van der Waals surface area contributed by atoms with Gasteiger partial charge in [0.05, 0.1) is 0 Å². The van der Waals surface area contributed by atoms with E-state index in [2.05, 4.69) is 24.8 Å². The molecule has 144 valence electrons. The van der Waals surface area contributed by atoms with E-state index in [1.807, 2.05) is 37.3 Å². The summed E-state index contributed by atoms with van der Waals surface area (Å²) in [7, 11) is 0. The second-order valence-corrected chi connectivity index (χ2v) is 6.39. The fourth-order valence-electron chi connectivity index (χ4n) is 3.11. The first kappa shape index (κ1) is 19.4. The van der Waals surface area contributed by atoms with Gasteiger partial charge in [-0.3, -0.25) is 0 Å². The summed E-state index contributed by atoms with van der Waals surface area (Å²) in [5.41, 5.74) is 2.77. The number of nitrogens with zero attached hydrogens (tertiary/aromatic N) is 1. The first-order valence-electron chi connectivity index (χ1n) is 9.30. The zero-order valence-corrected chi connectivity index (χ0v) is 16.3. The maximum atomic E-state index is 11.3. The Balaban J connectivity index is 0.000000176. The number of aryl methyl sites for hydroxylation is 1. The smallest absolute Gasteiger partial charge is 0.336 e. The van der Waals surface area contributed by atoms with Gasteiger partial charge in [-0.05, 0) is 50.6 Å². The maximum Gasteiger partial charge on any atom is 0.336 e. The maximum absolute atomic E-state index is 11.3. The third kappa shape index (κ3) is 4.31. The van der Waals surface area contributed by atoms with Crippen LogP contribution in [0.3, 0.4) is 0 Å². The summed E-state index contributed by atoms with van der Waals surface area (Å²) < 4.78 is 10.1. The minimum Gasteiger partial charge on any atom is -0.423 e. The molecule has 28 heavy (non-hydrogen) atoms. The van der Waals surface area contributed by atoms with Crippen LogP contribution in [0.2, 0.25) is 0 Å². The molecule has 5 heteroatoms. The second-order valence-electron chi connectivity index (χ2n) is 6.39. The van der Waals surface area contributed by atoms with E-state index in [4.69, 9.17) is 8.83 Å². The molecule has 0 unspecified atom stereocenters. The molecule has 4 rings (SSSR count). The van der Waals surface area contributed by atoms with Crippen molar-refractivity contribution in [1.29, 1.82) is 0 Å². The Bertz CT molecular complexity index is 1200. The van der Waals surface area contributed by atoms with Crippen molar-refractivity contribution in [3.8, 4) is 0 Å².